The van der Waals surface area contributed by atoms with E-state index < -0.39 is 0 Å². The van der Waals surface area contributed by atoms with Crippen molar-refractivity contribution in [2.45, 2.75) is 19.5 Å². The number of rotatable bonds is 4. The highest BCUT2D eigenvalue weighted by atomic mass is 32.1. The van der Waals surface area contributed by atoms with E-state index in [9.17, 15) is 4.79 Å². The number of nitrogens with zero attached hydrogens (tertiary/aromatic N) is 2. The lowest BCUT2D eigenvalue weighted by Gasteiger charge is -2.27. The average Bonchev–Trinajstić information content (AvgIpc) is 3.11. The molecule has 1 aromatic carbocycles. The van der Waals surface area contributed by atoms with E-state index >= 15 is 0 Å². The molecule has 1 aliphatic heterocycles. The van der Waals surface area contributed by atoms with Crippen LogP contribution >= 0.6 is 23.6 Å². The number of ether oxygens (including phenoxy) is 1. The predicted octanol–water partition coefficient (Wildman–Crippen LogP) is 3.12. The fourth-order valence-corrected chi connectivity index (χ4v) is 4.29. The molecule has 0 amide bonds. The van der Waals surface area contributed by atoms with Gasteiger partial charge in [0.1, 0.15) is 10.8 Å². The molecule has 0 saturated heterocycles. The zero-order valence-corrected chi connectivity index (χ0v) is 15.9. The van der Waals surface area contributed by atoms with Gasteiger partial charge in [-0.05, 0) is 36.5 Å². The first-order valence-corrected chi connectivity index (χ1v) is 9.50. The summed E-state index contributed by atoms with van der Waals surface area (Å²) in [6.07, 6.45) is 2.72. The molecule has 0 saturated carbocycles. The molecule has 0 radical (unpaired) electrons. The number of hydrogen-bond acceptors (Lipinski definition) is 6. The maximum Gasteiger partial charge on any atom is 0.256 e. The molecule has 26 heavy (non-hydrogen) atoms. The van der Waals surface area contributed by atoms with Crippen molar-refractivity contribution < 1.29 is 4.74 Å². The highest BCUT2D eigenvalue weighted by Crippen LogP contribution is 2.28. The number of nitrogens with one attached hydrogen (secondary N) is 2. The summed E-state index contributed by atoms with van der Waals surface area (Å²) >= 11 is 6.72. The topological polar surface area (TPSA) is 74.0 Å². The van der Waals surface area contributed by atoms with Gasteiger partial charge in [-0.15, -0.1) is 11.3 Å². The lowest BCUT2D eigenvalue weighted by atomic mass is 10.1. The standard InChI is InChI=1S/C18H18N4O2S2/c1-24-12-4-2-11(3-5-12)17-19-8-13(26-17)9-22-7-6-15-14(10-22)16(23)21-18(25)20-15/h2-5,8H,6-7,9-10H2,1H3,(H2,20,21,23,25). The van der Waals surface area contributed by atoms with Crippen molar-refractivity contribution in [2.24, 2.45) is 0 Å². The second-order valence-electron chi connectivity index (χ2n) is 6.19. The highest BCUT2D eigenvalue weighted by Gasteiger charge is 2.20. The SMILES string of the molecule is COc1ccc(-c2ncc(CN3CCc4[nH]c(=S)[nH]c(=O)c4C3)s2)cc1. The van der Waals surface area contributed by atoms with E-state index in [1.54, 1.807) is 18.4 Å². The minimum atomic E-state index is -0.0864. The number of aromatic nitrogens is 3. The Morgan fingerprint density at radius 2 is 2.12 bits per heavy atom. The smallest absolute Gasteiger partial charge is 0.256 e. The Morgan fingerprint density at radius 3 is 2.88 bits per heavy atom. The van der Waals surface area contributed by atoms with Gasteiger partial charge in [-0.25, -0.2) is 4.98 Å². The molecule has 0 fully saturated rings. The quantitative estimate of drug-likeness (QED) is 0.674. The number of fused-ring (bicyclic) bond motifs is 1. The van der Waals surface area contributed by atoms with Crippen LogP contribution < -0.4 is 10.3 Å². The molecule has 0 bridgehead atoms. The van der Waals surface area contributed by atoms with Gasteiger partial charge in [0, 0.05) is 48.4 Å². The Bertz CT molecular complexity index is 1040. The molecule has 3 aromatic rings. The lowest BCUT2D eigenvalue weighted by molar-refractivity contribution is 0.243. The molecule has 0 aliphatic carbocycles. The van der Waals surface area contributed by atoms with Crippen molar-refractivity contribution in [2.75, 3.05) is 13.7 Å². The maximum absolute atomic E-state index is 12.1. The van der Waals surface area contributed by atoms with Crippen molar-refractivity contribution >= 4 is 23.6 Å². The van der Waals surface area contributed by atoms with Gasteiger partial charge in [0.15, 0.2) is 4.77 Å². The van der Waals surface area contributed by atoms with Crippen molar-refractivity contribution in [1.82, 2.24) is 19.9 Å². The zero-order chi connectivity index (χ0) is 18.1. The third-order valence-corrected chi connectivity index (χ3v) is 5.69. The molecular weight excluding hydrogens is 368 g/mol. The summed E-state index contributed by atoms with van der Waals surface area (Å²) in [5.74, 6) is 0.835. The molecule has 4 rings (SSSR count). The first-order valence-electron chi connectivity index (χ1n) is 8.28. The molecule has 0 spiro atoms. The summed E-state index contributed by atoms with van der Waals surface area (Å²) in [5.41, 5.74) is 2.73. The van der Waals surface area contributed by atoms with Crippen molar-refractivity contribution in [3.63, 3.8) is 0 Å². The summed E-state index contributed by atoms with van der Waals surface area (Å²) in [6, 6.07) is 7.91. The fourth-order valence-electron chi connectivity index (χ4n) is 3.12. The summed E-state index contributed by atoms with van der Waals surface area (Å²) in [7, 11) is 1.66. The summed E-state index contributed by atoms with van der Waals surface area (Å²) in [6.45, 7) is 2.28. The Morgan fingerprint density at radius 1 is 1.31 bits per heavy atom. The zero-order valence-electron chi connectivity index (χ0n) is 14.2. The van der Waals surface area contributed by atoms with Gasteiger partial charge in [0.25, 0.3) is 5.56 Å². The van der Waals surface area contributed by atoms with Crippen molar-refractivity contribution in [1.29, 1.82) is 0 Å². The first kappa shape index (κ1) is 17.1. The van der Waals surface area contributed by atoms with Crippen LogP contribution in [0.4, 0.5) is 0 Å². The van der Waals surface area contributed by atoms with Crippen LogP contribution in [-0.4, -0.2) is 33.5 Å². The van der Waals surface area contributed by atoms with Crippen LogP contribution in [0.15, 0.2) is 35.3 Å². The van der Waals surface area contributed by atoms with Crippen LogP contribution in [0.3, 0.4) is 0 Å². The molecule has 0 unspecified atom stereocenters. The maximum atomic E-state index is 12.1. The normalized spacial score (nSPS) is 14.2. The molecule has 2 aromatic heterocycles. The third kappa shape index (κ3) is 3.48. The van der Waals surface area contributed by atoms with E-state index in [2.05, 4.69) is 19.9 Å². The number of methoxy groups -OCH3 is 1. The Kier molecular flexibility index (Phi) is 4.71. The molecule has 1 aliphatic rings. The second-order valence-corrected chi connectivity index (χ2v) is 7.71. The summed E-state index contributed by atoms with van der Waals surface area (Å²) < 4.78 is 5.59. The number of benzene rings is 1. The van der Waals surface area contributed by atoms with Crippen LogP contribution in [0, 0.1) is 4.77 Å². The molecular formula is C18H18N4O2S2. The molecule has 2 N–H and O–H groups in total. The average molecular weight is 387 g/mol. The number of hydrogen-bond donors (Lipinski definition) is 2. The van der Waals surface area contributed by atoms with Crippen LogP contribution in [0.5, 0.6) is 5.75 Å². The Balaban J connectivity index is 1.49. The monoisotopic (exact) mass is 386 g/mol. The number of aromatic amines is 2. The van der Waals surface area contributed by atoms with Crippen LogP contribution in [0.25, 0.3) is 10.6 Å². The van der Waals surface area contributed by atoms with Gasteiger partial charge in [0.2, 0.25) is 0 Å². The number of thiazole rings is 1. The highest BCUT2D eigenvalue weighted by molar-refractivity contribution is 7.71. The van der Waals surface area contributed by atoms with Crippen molar-refractivity contribution in [3.8, 4) is 16.3 Å². The van der Waals surface area contributed by atoms with E-state index in [1.807, 2.05) is 30.5 Å². The summed E-state index contributed by atoms with van der Waals surface area (Å²) in [4.78, 5) is 25.9. The second kappa shape index (κ2) is 7.14. The van der Waals surface area contributed by atoms with E-state index in [4.69, 9.17) is 17.0 Å². The van der Waals surface area contributed by atoms with Crippen LogP contribution in [0.2, 0.25) is 0 Å². The lowest BCUT2D eigenvalue weighted by Crippen LogP contribution is -2.35. The Hall–Kier alpha value is -2.29. The van der Waals surface area contributed by atoms with Gasteiger partial charge in [-0.1, -0.05) is 0 Å². The molecule has 3 heterocycles. The van der Waals surface area contributed by atoms with Gasteiger partial charge >= 0.3 is 0 Å². The molecule has 134 valence electrons. The first-order chi connectivity index (χ1) is 12.6. The largest absolute Gasteiger partial charge is 0.497 e. The van der Waals surface area contributed by atoms with Gasteiger partial charge in [-0.2, -0.15) is 0 Å². The van der Waals surface area contributed by atoms with Gasteiger partial charge < -0.3 is 9.72 Å². The van der Waals surface area contributed by atoms with Gasteiger partial charge in [-0.3, -0.25) is 14.7 Å². The number of H-pyrrole nitrogens is 2. The van der Waals surface area contributed by atoms with Crippen molar-refractivity contribution in [3.05, 3.63) is 61.7 Å². The third-order valence-electron chi connectivity index (χ3n) is 4.46. The van der Waals surface area contributed by atoms with E-state index in [0.29, 0.717) is 11.3 Å². The van der Waals surface area contributed by atoms with Crippen LogP contribution in [-0.2, 0) is 19.5 Å². The summed E-state index contributed by atoms with van der Waals surface area (Å²) in [5, 5.41) is 0.988. The van der Waals surface area contributed by atoms with E-state index in [-0.39, 0.29) is 5.56 Å². The predicted molar refractivity (Wildman–Crippen MR) is 104 cm³/mol. The van der Waals surface area contributed by atoms with E-state index in [0.717, 1.165) is 47.1 Å². The fraction of sp³-hybridized carbons (Fsp3) is 0.278. The molecule has 0 atom stereocenters. The minimum absolute atomic E-state index is 0.0864. The van der Waals surface area contributed by atoms with Crippen LogP contribution in [0.1, 0.15) is 16.1 Å². The Labute approximate surface area is 159 Å². The molecule has 6 nitrogen and oxygen atoms in total. The minimum Gasteiger partial charge on any atom is -0.497 e. The van der Waals surface area contributed by atoms with Gasteiger partial charge in [0.05, 0.1) is 12.7 Å². The molecule has 8 heteroatoms. The van der Waals surface area contributed by atoms with E-state index in [1.165, 1.54) is 4.88 Å².